The third-order valence-corrected chi connectivity index (χ3v) is 1.76. The summed E-state index contributed by atoms with van der Waals surface area (Å²) < 4.78 is 26.9. The van der Waals surface area contributed by atoms with Gasteiger partial charge in [0.15, 0.2) is 0 Å². The Hall–Kier alpha value is -0.870. The second-order valence-electron chi connectivity index (χ2n) is 2.03. The first-order chi connectivity index (χ1) is 5.56. The molecule has 0 aliphatic rings. The molecule has 0 aliphatic carbocycles. The molecule has 0 saturated heterocycles. The maximum Gasteiger partial charge on any atom is 0.264 e. The van der Waals surface area contributed by atoms with E-state index in [9.17, 15) is 8.42 Å². The lowest BCUT2D eigenvalue weighted by molar-refractivity contribution is 0.484. The molecule has 0 bridgehead atoms. The van der Waals surface area contributed by atoms with E-state index in [1.165, 1.54) is 6.92 Å². The summed E-state index contributed by atoms with van der Waals surface area (Å²) in [5.74, 6) is -0.201. The largest absolute Gasteiger partial charge is 0.286 e. The predicted octanol–water partition coefficient (Wildman–Crippen LogP) is 2.22. The number of hydrogen-bond acceptors (Lipinski definition) is 2. The summed E-state index contributed by atoms with van der Waals surface area (Å²) in [5.41, 5.74) is 0. The molecule has 0 spiro atoms. The molecule has 1 aromatic rings. The van der Waals surface area contributed by atoms with Crippen molar-refractivity contribution < 1.29 is 13.0 Å². The monoisotopic (exact) mass is 204 g/mol. The zero-order valence-corrected chi connectivity index (χ0v) is 7.66. The minimum atomic E-state index is -3.66. The van der Waals surface area contributed by atoms with Gasteiger partial charge < -0.3 is 0 Å². The lowest BCUT2D eigenvalue weighted by Gasteiger charge is -1.79. The Morgan fingerprint density at radius 1 is 1.00 bits per heavy atom. The summed E-state index contributed by atoms with van der Waals surface area (Å²) in [4.78, 5) is 0. The average molecular weight is 204 g/mol. The number of hydrogen-bond donors (Lipinski definition) is 1. The van der Waals surface area contributed by atoms with Crippen molar-refractivity contribution in [1.29, 1.82) is 0 Å². The van der Waals surface area contributed by atoms with Crippen LogP contribution < -0.4 is 0 Å². The predicted molar refractivity (Wildman–Crippen MR) is 55.3 cm³/mol. The van der Waals surface area contributed by atoms with Crippen molar-refractivity contribution in [1.82, 2.24) is 0 Å². The molecule has 0 unspecified atom stereocenters. The molecule has 4 heteroatoms. The van der Waals surface area contributed by atoms with Gasteiger partial charge in [-0.15, -0.1) is 0 Å². The molecule has 0 radical (unpaired) electrons. The molecule has 76 valence electrons. The van der Waals surface area contributed by atoms with Crippen LogP contribution in [0.3, 0.4) is 0 Å². The van der Waals surface area contributed by atoms with Crippen molar-refractivity contribution in [2.45, 2.75) is 14.4 Å². The molecule has 0 aromatic heterocycles. The van der Waals surface area contributed by atoms with E-state index in [-0.39, 0.29) is 13.2 Å². The standard InChI is InChI=1S/C6H6.C2H6O3S.CH4/c1-2-4-6-5-3-1;1-2-6(3,4)5;/h1-6H;2H2,1H3,(H,3,4,5);1H4. The molecule has 3 nitrogen and oxygen atoms in total. The van der Waals surface area contributed by atoms with Gasteiger partial charge in [-0.1, -0.05) is 43.8 Å². The molecule has 0 fully saturated rings. The van der Waals surface area contributed by atoms with Gasteiger partial charge in [-0.2, -0.15) is 8.42 Å². The fourth-order valence-electron chi connectivity index (χ4n) is 0.385. The fourth-order valence-corrected chi connectivity index (χ4v) is 0.385. The lowest BCUT2D eigenvalue weighted by Crippen LogP contribution is -1.97. The molecule has 1 N–H and O–H groups in total. The van der Waals surface area contributed by atoms with Crippen LogP contribution in [0.1, 0.15) is 14.4 Å². The molecule has 1 aromatic carbocycles. The molecular formula is C9H16O3S. The molecule has 13 heavy (non-hydrogen) atoms. The van der Waals surface area contributed by atoms with Crippen molar-refractivity contribution in [2.24, 2.45) is 0 Å². The maximum atomic E-state index is 9.56. The van der Waals surface area contributed by atoms with E-state index in [1.807, 2.05) is 36.4 Å². The molecule has 0 atom stereocenters. The molecule has 0 saturated carbocycles. The smallest absolute Gasteiger partial charge is 0.264 e. The van der Waals surface area contributed by atoms with Gasteiger partial charge in [0.05, 0.1) is 5.75 Å². The van der Waals surface area contributed by atoms with Gasteiger partial charge in [0.1, 0.15) is 0 Å². The van der Waals surface area contributed by atoms with Gasteiger partial charge in [0.2, 0.25) is 0 Å². The van der Waals surface area contributed by atoms with Crippen LogP contribution in [0, 0.1) is 0 Å². The van der Waals surface area contributed by atoms with Crippen molar-refractivity contribution >= 4 is 10.1 Å². The van der Waals surface area contributed by atoms with Crippen LogP contribution in [0.15, 0.2) is 36.4 Å². The van der Waals surface area contributed by atoms with Gasteiger partial charge in [0.25, 0.3) is 10.1 Å². The van der Waals surface area contributed by atoms with E-state index in [0.29, 0.717) is 0 Å². The minimum Gasteiger partial charge on any atom is -0.286 e. The molecule has 0 amide bonds. The third-order valence-electron chi connectivity index (χ3n) is 1.03. The van der Waals surface area contributed by atoms with E-state index in [2.05, 4.69) is 0 Å². The Bertz CT molecular complexity index is 252. The quantitative estimate of drug-likeness (QED) is 0.713. The van der Waals surface area contributed by atoms with Crippen molar-refractivity contribution in [3.8, 4) is 0 Å². The topological polar surface area (TPSA) is 54.4 Å². The van der Waals surface area contributed by atoms with Gasteiger partial charge in [-0.3, -0.25) is 4.55 Å². The van der Waals surface area contributed by atoms with Gasteiger partial charge in [-0.05, 0) is 6.92 Å². The zero-order valence-electron chi connectivity index (χ0n) is 6.84. The van der Waals surface area contributed by atoms with Crippen molar-refractivity contribution in [3.63, 3.8) is 0 Å². The molecule has 0 heterocycles. The highest BCUT2D eigenvalue weighted by Crippen LogP contribution is 1.79. The van der Waals surface area contributed by atoms with Crippen LogP contribution in [0.4, 0.5) is 0 Å². The van der Waals surface area contributed by atoms with E-state index < -0.39 is 10.1 Å². The highest BCUT2D eigenvalue weighted by atomic mass is 32.2. The Kier molecular flexibility index (Phi) is 8.74. The van der Waals surface area contributed by atoms with Crippen LogP contribution in [0.25, 0.3) is 0 Å². The van der Waals surface area contributed by atoms with Crippen LogP contribution in [-0.2, 0) is 10.1 Å². The first kappa shape index (κ1) is 14.6. The summed E-state index contributed by atoms with van der Waals surface area (Å²) in [6.45, 7) is 1.37. The average Bonchev–Trinajstić information content (AvgIpc) is 2.07. The molecule has 0 aliphatic heterocycles. The number of benzene rings is 1. The second-order valence-corrected chi connectivity index (χ2v) is 3.77. The Morgan fingerprint density at radius 2 is 1.15 bits per heavy atom. The summed E-state index contributed by atoms with van der Waals surface area (Å²) in [6.07, 6.45) is 0. The van der Waals surface area contributed by atoms with Gasteiger partial charge >= 0.3 is 0 Å². The Labute approximate surface area is 80.2 Å². The second kappa shape index (κ2) is 7.76. The fraction of sp³-hybridized carbons (Fsp3) is 0.333. The summed E-state index contributed by atoms with van der Waals surface area (Å²) in [5, 5.41) is 0. The molecular weight excluding hydrogens is 188 g/mol. The summed E-state index contributed by atoms with van der Waals surface area (Å²) >= 11 is 0. The van der Waals surface area contributed by atoms with E-state index in [4.69, 9.17) is 4.55 Å². The third kappa shape index (κ3) is 14.0. The van der Waals surface area contributed by atoms with E-state index >= 15 is 0 Å². The van der Waals surface area contributed by atoms with Crippen molar-refractivity contribution in [3.05, 3.63) is 36.4 Å². The van der Waals surface area contributed by atoms with Crippen LogP contribution >= 0.6 is 0 Å². The first-order valence-corrected chi connectivity index (χ1v) is 5.12. The van der Waals surface area contributed by atoms with Gasteiger partial charge in [-0.25, -0.2) is 0 Å². The zero-order chi connectivity index (χ0) is 9.45. The minimum absolute atomic E-state index is 0. The summed E-state index contributed by atoms with van der Waals surface area (Å²) in [7, 11) is -3.66. The van der Waals surface area contributed by atoms with Crippen LogP contribution in [-0.4, -0.2) is 18.7 Å². The van der Waals surface area contributed by atoms with Crippen LogP contribution in [0.2, 0.25) is 0 Å². The van der Waals surface area contributed by atoms with E-state index in [1.54, 1.807) is 0 Å². The van der Waals surface area contributed by atoms with Crippen LogP contribution in [0.5, 0.6) is 0 Å². The first-order valence-electron chi connectivity index (χ1n) is 3.51. The van der Waals surface area contributed by atoms with E-state index in [0.717, 1.165) is 0 Å². The normalized spacial score (nSPS) is 9.08. The Morgan fingerprint density at radius 3 is 1.23 bits per heavy atom. The lowest BCUT2D eigenvalue weighted by atomic mass is 10.4. The van der Waals surface area contributed by atoms with Crippen molar-refractivity contribution in [2.75, 3.05) is 5.75 Å². The summed E-state index contributed by atoms with van der Waals surface area (Å²) in [6, 6.07) is 12.0. The Balaban J connectivity index is 0. The van der Waals surface area contributed by atoms with Gasteiger partial charge in [0, 0.05) is 0 Å². The number of rotatable bonds is 1. The SMILES string of the molecule is C.CCS(=O)(=O)O.c1ccccc1. The maximum absolute atomic E-state index is 9.56. The highest BCUT2D eigenvalue weighted by Gasteiger charge is 1.93. The highest BCUT2D eigenvalue weighted by molar-refractivity contribution is 7.85. The molecule has 1 rings (SSSR count).